The number of aromatic hydroxyl groups is 2. The average Bonchev–Trinajstić information content (AvgIpc) is 0.923. The van der Waals surface area contributed by atoms with Gasteiger partial charge in [-0.2, -0.15) is 12.1 Å². The molecule has 0 bridgehead atoms. The molecular weight excluding hydrogens is 2100 g/mol. The van der Waals surface area contributed by atoms with Gasteiger partial charge in [-0.1, -0.05) is 150 Å². The number of phenols is 2. The molecule has 0 saturated heterocycles. The van der Waals surface area contributed by atoms with Crippen molar-refractivity contribution in [3.63, 3.8) is 0 Å². The topological polar surface area (TPSA) is 144 Å². The molecule has 0 unspecified atom stereocenters. The Balaban J connectivity index is 0.000000153. The maximum absolute atomic E-state index is 9.31. The molecular formula is C88H60Ir4N8O2S4-6. The van der Waals surface area contributed by atoms with Gasteiger partial charge in [-0.25, -0.2) is 45.3 Å². The number of nitrogens with zero attached hydrogens (tertiary/aromatic N) is 8. The van der Waals surface area contributed by atoms with Gasteiger partial charge in [0.2, 0.25) is 0 Å². The van der Waals surface area contributed by atoms with E-state index >= 15 is 0 Å². The number of thiophene rings is 4. The number of benzene rings is 7. The number of fused-ring (bicyclic) bond motifs is 5. The van der Waals surface area contributed by atoms with Crippen LogP contribution in [0.4, 0.5) is 0 Å². The largest absolute Gasteiger partial charge is 0.506 e. The molecule has 12 aromatic heterocycles. The van der Waals surface area contributed by atoms with Gasteiger partial charge in [-0.3, -0.25) is 9.97 Å². The van der Waals surface area contributed by atoms with Crippen LogP contribution in [-0.4, -0.2) is 50.1 Å². The maximum Gasteiger partial charge on any atom is 0.141 e. The van der Waals surface area contributed by atoms with Gasteiger partial charge in [0.25, 0.3) is 0 Å². The van der Waals surface area contributed by atoms with E-state index in [1.54, 1.807) is 101 Å². The van der Waals surface area contributed by atoms with Crippen LogP contribution in [0.5, 0.6) is 11.5 Å². The Kier molecular flexibility index (Phi) is 34.0. The molecule has 0 fully saturated rings. The molecule has 0 aliphatic heterocycles. The number of pyridine rings is 8. The summed E-state index contributed by atoms with van der Waals surface area (Å²) in [5.41, 5.74) is 9.34. The summed E-state index contributed by atoms with van der Waals surface area (Å²) in [4.78, 5) is 38.1. The molecule has 19 rings (SSSR count). The van der Waals surface area contributed by atoms with Crippen molar-refractivity contribution in [1.82, 2.24) is 39.9 Å². The molecule has 0 spiro atoms. The van der Waals surface area contributed by atoms with Crippen molar-refractivity contribution < 1.29 is 90.6 Å². The van der Waals surface area contributed by atoms with Gasteiger partial charge in [0.05, 0.1) is 0 Å². The van der Waals surface area contributed by atoms with E-state index in [0.29, 0.717) is 11.0 Å². The number of rotatable bonds is 6. The van der Waals surface area contributed by atoms with Crippen molar-refractivity contribution in [3.8, 4) is 76.3 Å². The van der Waals surface area contributed by atoms with Gasteiger partial charge in [0.15, 0.2) is 0 Å². The minimum Gasteiger partial charge on any atom is -0.506 e. The molecule has 18 heteroatoms. The zero-order valence-corrected chi connectivity index (χ0v) is 68.8. The summed E-state index contributed by atoms with van der Waals surface area (Å²) in [6.45, 7) is 0. The van der Waals surface area contributed by atoms with Gasteiger partial charge >= 0.3 is 0 Å². The van der Waals surface area contributed by atoms with Gasteiger partial charge in [0.1, 0.15) is 22.5 Å². The first-order valence-electron chi connectivity index (χ1n) is 32.1. The molecule has 7 aromatic carbocycles. The van der Waals surface area contributed by atoms with Gasteiger partial charge in [0, 0.05) is 158 Å². The third-order valence-corrected chi connectivity index (χ3v) is 18.7. The minimum atomic E-state index is 0. The first kappa shape index (κ1) is 81.7. The Morgan fingerprint density at radius 2 is 0.547 bits per heavy atom. The van der Waals surface area contributed by atoms with E-state index < -0.39 is 0 Å². The standard InChI is InChI=1S/3C13H8NS.2C11H8N.2C9H7NO.C9H6NS.4Ir/c3*1-2-7-12-10(5-1)9-13(15-12)11-6-3-4-8-14-11;2*1-2-6-10(7-3-1)11-8-4-5-9-12-11;2*11-8-5-1-3-7-4-2-6-10-9(7)8;1-2-6-10-8(4-1)9-5-3-7-11-9;;;;/h3*1-8H;2*1-6,8-9H;2*1-6,11H;1-4,6-7H;;;;/q5*-1;;;-1;;;;. The van der Waals surface area contributed by atoms with Crippen LogP contribution >= 0.6 is 45.3 Å². The van der Waals surface area contributed by atoms with E-state index in [0.717, 1.165) is 75.6 Å². The predicted molar refractivity (Wildman–Crippen MR) is 422 cm³/mol. The Morgan fingerprint density at radius 1 is 0.245 bits per heavy atom. The van der Waals surface area contributed by atoms with Gasteiger partial charge in [-0.05, 0) is 106 Å². The summed E-state index contributed by atoms with van der Waals surface area (Å²) in [7, 11) is 0. The molecule has 106 heavy (non-hydrogen) atoms. The maximum atomic E-state index is 9.31. The van der Waals surface area contributed by atoms with E-state index in [1.807, 2.05) is 242 Å². The molecule has 2 N–H and O–H groups in total. The molecule has 0 amide bonds. The second-order valence-corrected chi connectivity index (χ2v) is 25.7. The minimum absolute atomic E-state index is 0. The van der Waals surface area contributed by atoms with Crippen molar-refractivity contribution in [2.75, 3.05) is 0 Å². The average molecular weight is 2160 g/mol. The van der Waals surface area contributed by atoms with Crippen LogP contribution in [-0.2, 0) is 80.4 Å². The second kappa shape index (κ2) is 44.1. The van der Waals surface area contributed by atoms with Crippen molar-refractivity contribution in [2.24, 2.45) is 0 Å². The molecule has 4 radical (unpaired) electrons. The third kappa shape index (κ3) is 24.0. The van der Waals surface area contributed by atoms with E-state index in [9.17, 15) is 10.2 Å². The molecule has 0 aliphatic carbocycles. The van der Waals surface area contributed by atoms with Crippen LogP contribution in [0.25, 0.3) is 117 Å². The Hall–Kier alpha value is -9.96. The molecule has 10 nitrogen and oxygen atoms in total. The summed E-state index contributed by atoms with van der Waals surface area (Å²) < 4.78 is 3.79. The van der Waals surface area contributed by atoms with E-state index in [1.165, 1.54) is 30.3 Å². The molecule has 0 saturated carbocycles. The first-order valence-corrected chi connectivity index (χ1v) is 35.4. The Morgan fingerprint density at radius 3 is 0.840 bits per heavy atom. The normalized spacial score (nSPS) is 9.85. The zero-order chi connectivity index (χ0) is 69.6. The fraction of sp³-hybridized carbons (Fsp3) is 0. The molecule has 0 atom stereocenters. The number of para-hydroxylation sites is 2. The second-order valence-electron chi connectivity index (χ2n) is 21.6. The third-order valence-electron chi connectivity index (χ3n) is 14.6. The monoisotopic (exact) mass is 2160 g/mol. The number of aromatic nitrogens is 8. The van der Waals surface area contributed by atoms with E-state index in [4.69, 9.17) is 0 Å². The predicted octanol–water partition coefficient (Wildman–Crippen LogP) is 22.9. The zero-order valence-electron chi connectivity index (χ0n) is 55.9. The number of hydrogen-bond donors (Lipinski definition) is 2. The molecule has 19 aromatic rings. The van der Waals surface area contributed by atoms with Gasteiger partial charge in [-0.15, -0.1) is 148 Å². The number of phenolic OH excluding ortho intramolecular Hbond substituents is 2. The van der Waals surface area contributed by atoms with E-state index in [2.05, 4.69) is 131 Å². The molecule has 12 heterocycles. The van der Waals surface area contributed by atoms with Crippen molar-refractivity contribution in [1.29, 1.82) is 0 Å². The summed E-state index contributed by atoms with van der Waals surface area (Å²) in [6.07, 6.45) is 14.1. The van der Waals surface area contributed by atoms with Crippen molar-refractivity contribution in [2.45, 2.75) is 0 Å². The summed E-state index contributed by atoms with van der Waals surface area (Å²) in [6, 6.07) is 116. The van der Waals surface area contributed by atoms with Crippen LogP contribution < -0.4 is 0 Å². The van der Waals surface area contributed by atoms with Crippen LogP contribution in [0.1, 0.15) is 0 Å². The first-order chi connectivity index (χ1) is 50.5. The SMILES string of the molecule is Oc1cccc2cccnc12.Oc1cccc2cccnc12.[Ir].[Ir].[Ir].[Ir].[c-]1c(-c2ccccn2)sc2ccccc12.[c-]1c(-c2ccccn2)sc2ccccc12.[c-]1c(-c2ccccn2)sc2ccccc12.[c-]1ccccc1-c1ccccn1.[c-]1ccccc1-c1ccccn1.[c-]1ccsc1-c1ccccn1. The molecule has 0 aliphatic rings. The van der Waals surface area contributed by atoms with Crippen LogP contribution in [0.3, 0.4) is 0 Å². The van der Waals surface area contributed by atoms with Crippen molar-refractivity contribution >= 4 is 97.4 Å². The fourth-order valence-electron chi connectivity index (χ4n) is 9.79. The van der Waals surface area contributed by atoms with Crippen LogP contribution in [0.15, 0.2) is 352 Å². The smallest absolute Gasteiger partial charge is 0.141 e. The quantitative estimate of drug-likeness (QED) is 0.154. The summed E-state index contributed by atoms with van der Waals surface area (Å²) in [5, 5.41) is 26.1. The summed E-state index contributed by atoms with van der Waals surface area (Å²) >= 11 is 6.85. The van der Waals surface area contributed by atoms with E-state index in [-0.39, 0.29) is 91.9 Å². The fourth-order valence-corrected chi connectivity index (χ4v) is 13.4. The Labute approximate surface area is 685 Å². The van der Waals surface area contributed by atoms with Crippen LogP contribution in [0.2, 0.25) is 0 Å². The number of hydrogen-bond acceptors (Lipinski definition) is 14. The van der Waals surface area contributed by atoms with Crippen molar-refractivity contribution in [3.05, 3.63) is 389 Å². The van der Waals surface area contributed by atoms with Gasteiger partial charge < -0.3 is 40.1 Å². The van der Waals surface area contributed by atoms with Crippen LogP contribution in [0, 0.1) is 36.4 Å². The molecule has 530 valence electrons. The summed E-state index contributed by atoms with van der Waals surface area (Å²) in [5.74, 6) is 0.478. The Bertz CT molecular complexity index is 5040.